The summed E-state index contributed by atoms with van der Waals surface area (Å²) in [6, 6.07) is 15.0. The lowest BCUT2D eigenvalue weighted by Gasteiger charge is -2.10. The molecule has 0 aliphatic carbocycles. The fraction of sp³-hybridized carbons (Fsp3) is 0.0625. The van der Waals surface area contributed by atoms with E-state index >= 15 is 0 Å². The van der Waals surface area contributed by atoms with Crippen LogP contribution in [0.4, 0.5) is 0 Å². The normalized spacial score (nSPS) is 11.4. The molecule has 0 spiro atoms. The second-order valence-electron chi connectivity index (χ2n) is 5.14. The Hall–Kier alpha value is -2.18. The largest absolute Gasteiger partial charge is 0.272 e. The molecular weight excluding hydrogens is 380 g/mol. The molecule has 0 N–H and O–H groups in total. The van der Waals surface area contributed by atoms with Crippen LogP contribution in [0, 0.1) is 0 Å². The monoisotopic (exact) mass is 388 g/mol. The third kappa shape index (κ3) is 2.34. The molecule has 0 amide bonds. The summed E-state index contributed by atoms with van der Waals surface area (Å²) in [4.78, 5) is 12.9. The van der Waals surface area contributed by atoms with Gasteiger partial charge in [-0.05, 0) is 39.7 Å². The molecule has 4 rings (SSSR count). The first-order chi connectivity index (χ1) is 11.1. The molecule has 2 heterocycles. The van der Waals surface area contributed by atoms with Gasteiger partial charge in [-0.15, -0.1) is 10.2 Å². The maximum absolute atomic E-state index is 12.9. The minimum Gasteiger partial charge on any atom is -0.272 e. The van der Waals surface area contributed by atoms with Crippen LogP contribution in [0.1, 0.15) is 5.56 Å². The average molecular weight is 390 g/mol. The van der Waals surface area contributed by atoms with Gasteiger partial charge in [0.2, 0.25) is 10.5 Å². The Morgan fingerprint density at radius 1 is 1.09 bits per heavy atom. The van der Waals surface area contributed by atoms with Gasteiger partial charge in [0.05, 0.1) is 17.4 Å². The number of nitrogens with zero attached hydrogens (tertiary/aromatic N) is 4. The van der Waals surface area contributed by atoms with E-state index in [9.17, 15) is 4.79 Å². The Morgan fingerprint density at radius 3 is 2.65 bits per heavy atom. The SMILES string of the molecule is O=c1c2cc(Cl)ccc2n2c(Br)nnc2n1Cc1ccccc1. The van der Waals surface area contributed by atoms with Crippen molar-refractivity contribution in [2.45, 2.75) is 6.54 Å². The van der Waals surface area contributed by atoms with E-state index in [-0.39, 0.29) is 5.56 Å². The van der Waals surface area contributed by atoms with Crippen LogP contribution in [0.2, 0.25) is 5.02 Å². The lowest BCUT2D eigenvalue weighted by molar-refractivity contribution is 0.766. The highest BCUT2D eigenvalue weighted by Crippen LogP contribution is 2.21. The van der Waals surface area contributed by atoms with Crippen molar-refractivity contribution in [2.24, 2.45) is 0 Å². The first kappa shape index (κ1) is 14.4. The molecule has 2 aromatic carbocycles. The van der Waals surface area contributed by atoms with Gasteiger partial charge in [0, 0.05) is 5.02 Å². The molecule has 0 saturated heterocycles. The Labute approximate surface area is 144 Å². The number of hydrogen-bond donors (Lipinski definition) is 0. The van der Waals surface area contributed by atoms with Crippen molar-refractivity contribution < 1.29 is 0 Å². The van der Waals surface area contributed by atoms with Gasteiger partial charge >= 0.3 is 0 Å². The van der Waals surface area contributed by atoms with Gasteiger partial charge in [-0.1, -0.05) is 41.9 Å². The zero-order valence-corrected chi connectivity index (χ0v) is 14.1. The van der Waals surface area contributed by atoms with Crippen LogP contribution in [0.15, 0.2) is 58.1 Å². The highest BCUT2D eigenvalue weighted by molar-refractivity contribution is 9.10. The molecule has 0 radical (unpaired) electrons. The van der Waals surface area contributed by atoms with Crippen molar-refractivity contribution in [3.05, 3.63) is 74.2 Å². The van der Waals surface area contributed by atoms with Gasteiger partial charge in [-0.2, -0.15) is 0 Å². The predicted molar refractivity (Wildman–Crippen MR) is 93.0 cm³/mol. The molecule has 0 saturated carbocycles. The smallest absolute Gasteiger partial charge is 0.263 e. The van der Waals surface area contributed by atoms with Gasteiger partial charge in [-0.3, -0.25) is 13.8 Å². The van der Waals surface area contributed by atoms with E-state index < -0.39 is 0 Å². The molecule has 5 nitrogen and oxygen atoms in total. The van der Waals surface area contributed by atoms with Gasteiger partial charge < -0.3 is 0 Å². The van der Waals surface area contributed by atoms with Crippen LogP contribution in [0.5, 0.6) is 0 Å². The number of rotatable bonds is 2. The highest BCUT2D eigenvalue weighted by atomic mass is 79.9. The van der Waals surface area contributed by atoms with Gasteiger partial charge in [0.25, 0.3) is 5.56 Å². The molecule has 0 bridgehead atoms. The zero-order chi connectivity index (χ0) is 16.0. The highest BCUT2D eigenvalue weighted by Gasteiger charge is 2.15. The molecule has 114 valence electrons. The number of benzene rings is 2. The van der Waals surface area contributed by atoms with E-state index in [1.54, 1.807) is 27.2 Å². The number of halogens is 2. The third-order valence-electron chi connectivity index (χ3n) is 3.71. The molecule has 0 aliphatic heterocycles. The summed E-state index contributed by atoms with van der Waals surface area (Å²) in [5, 5.41) is 9.24. The van der Waals surface area contributed by atoms with Crippen molar-refractivity contribution in [1.29, 1.82) is 0 Å². The Morgan fingerprint density at radius 2 is 1.87 bits per heavy atom. The minimum atomic E-state index is -0.140. The lowest BCUT2D eigenvalue weighted by Crippen LogP contribution is -2.24. The standard InChI is InChI=1S/C16H10BrClN4O/c17-15-19-20-16-21(9-10-4-2-1-3-5-10)14(23)12-8-11(18)6-7-13(12)22(15)16/h1-8H,9H2. The van der Waals surface area contributed by atoms with Crippen molar-refractivity contribution >= 4 is 44.2 Å². The van der Waals surface area contributed by atoms with Crippen LogP contribution in [-0.2, 0) is 6.54 Å². The Balaban J connectivity index is 2.09. The van der Waals surface area contributed by atoms with Crippen LogP contribution < -0.4 is 5.56 Å². The second kappa shape index (κ2) is 5.47. The fourth-order valence-corrected chi connectivity index (χ4v) is 3.26. The summed E-state index contributed by atoms with van der Waals surface area (Å²) in [5.41, 5.74) is 1.59. The summed E-state index contributed by atoms with van der Waals surface area (Å²) >= 11 is 9.46. The van der Waals surface area contributed by atoms with Crippen LogP contribution in [0.3, 0.4) is 0 Å². The van der Waals surface area contributed by atoms with Crippen LogP contribution in [0.25, 0.3) is 16.7 Å². The van der Waals surface area contributed by atoms with E-state index in [4.69, 9.17) is 11.6 Å². The maximum Gasteiger partial charge on any atom is 0.263 e. The van der Waals surface area contributed by atoms with E-state index in [0.29, 0.717) is 27.5 Å². The van der Waals surface area contributed by atoms with Gasteiger partial charge in [0.15, 0.2) is 0 Å². The molecule has 4 aromatic rings. The number of hydrogen-bond acceptors (Lipinski definition) is 3. The van der Waals surface area contributed by atoms with Gasteiger partial charge in [-0.25, -0.2) is 0 Å². The van der Waals surface area contributed by atoms with Crippen molar-refractivity contribution in [2.75, 3.05) is 0 Å². The molecule has 2 aromatic heterocycles. The molecule has 0 atom stereocenters. The molecule has 7 heteroatoms. The quantitative estimate of drug-likeness (QED) is 0.527. The molecule has 23 heavy (non-hydrogen) atoms. The zero-order valence-electron chi connectivity index (χ0n) is 11.8. The van der Waals surface area contributed by atoms with E-state index in [0.717, 1.165) is 11.1 Å². The summed E-state index contributed by atoms with van der Waals surface area (Å²) in [6.07, 6.45) is 0. The Kier molecular flexibility index (Phi) is 3.43. The lowest BCUT2D eigenvalue weighted by atomic mass is 10.2. The van der Waals surface area contributed by atoms with Crippen LogP contribution in [-0.4, -0.2) is 19.2 Å². The summed E-state index contributed by atoms with van der Waals surface area (Å²) in [6.45, 7) is 0.413. The van der Waals surface area contributed by atoms with E-state index in [1.807, 2.05) is 30.3 Å². The Bertz CT molecular complexity index is 1090. The summed E-state index contributed by atoms with van der Waals surface area (Å²) in [7, 11) is 0. The number of aromatic nitrogens is 4. The van der Waals surface area contributed by atoms with E-state index in [1.165, 1.54) is 0 Å². The third-order valence-corrected chi connectivity index (χ3v) is 4.45. The first-order valence-electron chi connectivity index (χ1n) is 6.92. The molecular formula is C16H10BrClN4O. The van der Waals surface area contributed by atoms with Crippen molar-refractivity contribution in [3.63, 3.8) is 0 Å². The van der Waals surface area contributed by atoms with Crippen molar-refractivity contribution in [1.82, 2.24) is 19.2 Å². The predicted octanol–water partition coefficient (Wildman–Crippen LogP) is 3.51. The summed E-state index contributed by atoms with van der Waals surface area (Å²) in [5.74, 6) is 0.487. The van der Waals surface area contributed by atoms with Crippen LogP contribution >= 0.6 is 27.5 Å². The minimum absolute atomic E-state index is 0.140. The molecule has 0 unspecified atom stereocenters. The number of fused-ring (bicyclic) bond motifs is 3. The maximum atomic E-state index is 12.9. The van der Waals surface area contributed by atoms with E-state index in [2.05, 4.69) is 26.1 Å². The molecule has 0 fully saturated rings. The van der Waals surface area contributed by atoms with Gasteiger partial charge in [0.1, 0.15) is 0 Å². The second-order valence-corrected chi connectivity index (χ2v) is 6.29. The first-order valence-corrected chi connectivity index (χ1v) is 8.09. The van der Waals surface area contributed by atoms with Crippen molar-refractivity contribution in [3.8, 4) is 0 Å². The molecule has 0 aliphatic rings. The topological polar surface area (TPSA) is 52.2 Å². The summed E-state index contributed by atoms with van der Waals surface area (Å²) < 4.78 is 3.95. The average Bonchev–Trinajstić information content (AvgIpc) is 2.94. The fourth-order valence-electron chi connectivity index (χ4n) is 2.66.